The number of aliphatic hydroxyl groups is 1. The van der Waals surface area contributed by atoms with Crippen LogP contribution in [0, 0.1) is 0 Å². The Morgan fingerprint density at radius 2 is 1.85 bits per heavy atom. The summed E-state index contributed by atoms with van der Waals surface area (Å²) in [6, 6.07) is 0. The highest BCUT2D eigenvalue weighted by atomic mass is 16.8. The summed E-state index contributed by atoms with van der Waals surface area (Å²) in [5, 5.41) is 9.11. The van der Waals surface area contributed by atoms with E-state index in [9.17, 15) is 0 Å². The molecule has 0 aromatic heterocycles. The third-order valence-corrected chi connectivity index (χ3v) is 3.09. The van der Waals surface area contributed by atoms with Crippen LogP contribution in [0.5, 0.6) is 0 Å². The Hall–Kier alpha value is -0.120. The number of ether oxygens (including phenoxy) is 2. The Labute approximate surface area is 79.0 Å². The normalized spacial score (nSPS) is 37.4. The summed E-state index contributed by atoms with van der Waals surface area (Å²) in [7, 11) is 0. The van der Waals surface area contributed by atoms with Gasteiger partial charge in [-0.3, -0.25) is 0 Å². The summed E-state index contributed by atoms with van der Waals surface area (Å²) >= 11 is 0. The molecule has 0 bridgehead atoms. The third-order valence-electron chi connectivity index (χ3n) is 3.09. The maximum atomic E-state index is 9.11. The number of aliphatic hydroxyl groups excluding tert-OH is 1. The lowest BCUT2D eigenvalue weighted by Gasteiger charge is -2.21. The van der Waals surface area contributed by atoms with Crippen molar-refractivity contribution in [3.05, 3.63) is 0 Å². The molecule has 1 N–H and O–H groups in total. The molecule has 0 aromatic rings. The molecule has 1 saturated heterocycles. The highest BCUT2D eigenvalue weighted by Gasteiger charge is 2.47. The molecule has 2 atom stereocenters. The average Bonchev–Trinajstić information content (AvgIpc) is 2.74. The minimum absolute atomic E-state index is 0.0836. The lowest BCUT2D eigenvalue weighted by molar-refractivity contribution is -0.171. The molecule has 0 radical (unpaired) electrons. The van der Waals surface area contributed by atoms with E-state index in [1.165, 1.54) is 12.8 Å². The van der Waals surface area contributed by atoms with Crippen LogP contribution in [0.25, 0.3) is 0 Å². The van der Waals surface area contributed by atoms with Crippen LogP contribution in [-0.2, 0) is 9.47 Å². The van der Waals surface area contributed by atoms with Crippen LogP contribution in [0.2, 0.25) is 0 Å². The lowest BCUT2D eigenvalue weighted by atomic mass is 10.2. The molecule has 2 aliphatic rings. The Bertz CT molecular complexity index is 161. The fraction of sp³-hybridized carbons (Fsp3) is 1.00. The maximum Gasteiger partial charge on any atom is 0.169 e. The molecule has 1 heterocycles. The van der Waals surface area contributed by atoms with E-state index < -0.39 is 0 Å². The Balaban J connectivity index is 2.03. The molecule has 1 aliphatic heterocycles. The molecule has 3 heteroatoms. The standard InChI is InChI=1S/C10H18O3/c1-2-8-9(7-11)13-10(12-8)5-3-4-6-10/h8-9,11H,2-7H2,1H3/t8-,9-/m0/s1. The predicted molar refractivity (Wildman–Crippen MR) is 48.3 cm³/mol. The van der Waals surface area contributed by atoms with E-state index in [4.69, 9.17) is 14.6 Å². The molecule has 0 amide bonds. The Kier molecular flexibility index (Phi) is 2.58. The summed E-state index contributed by atoms with van der Waals surface area (Å²) in [4.78, 5) is 0. The van der Waals surface area contributed by atoms with Gasteiger partial charge in [-0.1, -0.05) is 6.92 Å². The minimum atomic E-state index is -0.325. The van der Waals surface area contributed by atoms with Crippen molar-refractivity contribution in [2.24, 2.45) is 0 Å². The van der Waals surface area contributed by atoms with Crippen molar-refractivity contribution in [3.63, 3.8) is 0 Å². The van der Waals surface area contributed by atoms with E-state index in [-0.39, 0.29) is 24.6 Å². The van der Waals surface area contributed by atoms with Gasteiger partial charge >= 0.3 is 0 Å². The molecule has 2 rings (SSSR count). The molecule has 0 aromatic carbocycles. The smallest absolute Gasteiger partial charge is 0.169 e. The van der Waals surface area contributed by atoms with Crippen LogP contribution >= 0.6 is 0 Å². The number of hydrogen-bond donors (Lipinski definition) is 1. The molecular weight excluding hydrogens is 168 g/mol. The monoisotopic (exact) mass is 186 g/mol. The topological polar surface area (TPSA) is 38.7 Å². The molecule has 0 unspecified atom stereocenters. The summed E-state index contributed by atoms with van der Waals surface area (Å²) < 4.78 is 11.7. The van der Waals surface area contributed by atoms with E-state index in [0.29, 0.717) is 0 Å². The van der Waals surface area contributed by atoms with E-state index in [2.05, 4.69) is 6.92 Å². The van der Waals surface area contributed by atoms with Crippen molar-refractivity contribution in [2.75, 3.05) is 6.61 Å². The van der Waals surface area contributed by atoms with Crippen molar-refractivity contribution >= 4 is 0 Å². The molecule has 76 valence electrons. The first-order chi connectivity index (χ1) is 6.29. The number of rotatable bonds is 2. The van der Waals surface area contributed by atoms with Gasteiger partial charge in [-0.15, -0.1) is 0 Å². The molecule has 1 spiro atoms. The summed E-state index contributed by atoms with van der Waals surface area (Å²) in [5.41, 5.74) is 0. The molecular formula is C10H18O3. The fourth-order valence-electron chi connectivity index (χ4n) is 2.38. The minimum Gasteiger partial charge on any atom is -0.394 e. The highest BCUT2D eigenvalue weighted by Crippen LogP contribution is 2.42. The first kappa shape index (κ1) is 9.44. The SMILES string of the molecule is CC[C@@H]1OC2(CCCC2)O[C@H]1CO. The largest absolute Gasteiger partial charge is 0.394 e. The van der Waals surface area contributed by atoms with E-state index in [0.717, 1.165) is 19.3 Å². The van der Waals surface area contributed by atoms with Crippen molar-refractivity contribution in [1.29, 1.82) is 0 Å². The molecule has 1 saturated carbocycles. The van der Waals surface area contributed by atoms with Gasteiger partial charge in [0.2, 0.25) is 0 Å². The predicted octanol–water partition coefficient (Wildman–Crippen LogP) is 1.44. The molecule has 1 aliphatic carbocycles. The van der Waals surface area contributed by atoms with E-state index in [1.807, 2.05) is 0 Å². The summed E-state index contributed by atoms with van der Waals surface area (Å²) in [6.45, 7) is 2.16. The molecule has 13 heavy (non-hydrogen) atoms. The second kappa shape index (κ2) is 3.56. The van der Waals surface area contributed by atoms with Gasteiger partial charge in [-0.2, -0.15) is 0 Å². The Morgan fingerprint density at radius 1 is 1.23 bits per heavy atom. The van der Waals surface area contributed by atoms with Crippen LogP contribution in [0.15, 0.2) is 0 Å². The first-order valence-electron chi connectivity index (χ1n) is 5.26. The lowest BCUT2D eigenvalue weighted by Crippen LogP contribution is -2.27. The Morgan fingerprint density at radius 3 is 2.31 bits per heavy atom. The van der Waals surface area contributed by atoms with E-state index in [1.54, 1.807) is 0 Å². The van der Waals surface area contributed by atoms with Gasteiger partial charge in [-0.05, 0) is 19.3 Å². The van der Waals surface area contributed by atoms with Crippen molar-refractivity contribution in [3.8, 4) is 0 Å². The van der Waals surface area contributed by atoms with Crippen LogP contribution in [0.3, 0.4) is 0 Å². The fourth-order valence-corrected chi connectivity index (χ4v) is 2.38. The zero-order chi connectivity index (χ0) is 9.31. The third kappa shape index (κ3) is 1.60. The van der Waals surface area contributed by atoms with Crippen LogP contribution in [0.1, 0.15) is 39.0 Å². The average molecular weight is 186 g/mol. The van der Waals surface area contributed by atoms with Gasteiger partial charge in [-0.25, -0.2) is 0 Å². The summed E-state index contributed by atoms with van der Waals surface area (Å²) in [6.07, 6.45) is 5.31. The number of hydrogen-bond acceptors (Lipinski definition) is 3. The van der Waals surface area contributed by atoms with Gasteiger partial charge in [0, 0.05) is 12.8 Å². The second-order valence-electron chi connectivity index (χ2n) is 4.02. The van der Waals surface area contributed by atoms with Crippen LogP contribution < -0.4 is 0 Å². The molecule has 3 nitrogen and oxygen atoms in total. The quantitative estimate of drug-likeness (QED) is 0.709. The highest BCUT2D eigenvalue weighted by molar-refractivity contribution is 4.88. The van der Waals surface area contributed by atoms with Gasteiger partial charge in [0.1, 0.15) is 6.10 Å². The van der Waals surface area contributed by atoms with Gasteiger partial charge in [0.05, 0.1) is 12.7 Å². The van der Waals surface area contributed by atoms with Gasteiger partial charge in [0.25, 0.3) is 0 Å². The van der Waals surface area contributed by atoms with Crippen LogP contribution in [0.4, 0.5) is 0 Å². The van der Waals surface area contributed by atoms with Crippen LogP contribution in [-0.4, -0.2) is 29.7 Å². The zero-order valence-electron chi connectivity index (χ0n) is 8.16. The maximum absolute atomic E-state index is 9.11. The van der Waals surface area contributed by atoms with Gasteiger partial charge < -0.3 is 14.6 Å². The van der Waals surface area contributed by atoms with Crippen molar-refractivity contribution < 1.29 is 14.6 Å². The van der Waals surface area contributed by atoms with E-state index >= 15 is 0 Å². The first-order valence-corrected chi connectivity index (χ1v) is 5.26. The summed E-state index contributed by atoms with van der Waals surface area (Å²) in [5.74, 6) is -0.325. The zero-order valence-corrected chi connectivity index (χ0v) is 8.16. The van der Waals surface area contributed by atoms with Crippen molar-refractivity contribution in [1.82, 2.24) is 0 Å². The second-order valence-corrected chi connectivity index (χ2v) is 4.02. The van der Waals surface area contributed by atoms with Gasteiger partial charge in [0.15, 0.2) is 5.79 Å². The molecule has 2 fully saturated rings. The van der Waals surface area contributed by atoms with Crippen molar-refractivity contribution in [2.45, 2.75) is 57.0 Å².